The van der Waals surface area contributed by atoms with Gasteiger partial charge in [0.1, 0.15) is 11.5 Å². The van der Waals surface area contributed by atoms with Gasteiger partial charge in [0.05, 0.1) is 0 Å². The largest absolute Gasteiger partial charge is 0.335 e. The van der Waals surface area contributed by atoms with Gasteiger partial charge in [-0.05, 0) is 32.2 Å². The van der Waals surface area contributed by atoms with E-state index < -0.39 is 0 Å². The molecule has 1 aliphatic rings. The highest BCUT2D eigenvalue weighted by Gasteiger charge is 2.28. The molecule has 0 aromatic carbocycles. The number of ketones is 1. The minimum atomic E-state index is 0.179. The Bertz CT molecular complexity index is 395. The summed E-state index contributed by atoms with van der Waals surface area (Å²) in [5, 5.41) is 0. The van der Waals surface area contributed by atoms with Crippen molar-refractivity contribution < 1.29 is 4.79 Å². The number of nitrogens with two attached hydrogens (primary N) is 1. The Hall–Kier alpha value is -1.16. The van der Waals surface area contributed by atoms with Gasteiger partial charge in [0, 0.05) is 19.2 Å². The normalized spacial score (nSPS) is 20.5. The lowest BCUT2D eigenvalue weighted by Gasteiger charge is -2.20. The molecule has 0 aliphatic heterocycles. The topological polar surface area (TPSA) is 60.9 Å². The summed E-state index contributed by atoms with van der Waals surface area (Å²) in [5.41, 5.74) is 7.30. The van der Waals surface area contributed by atoms with Crippen LogP contribution in [0.1, 0.15) is 34.8 Å². The van der Waals surface area contributed by atoms with Crippen LogP contribution in [0.4, 0.5) is 0 Å². The van der Waals surface area contributed by atoms with E-state index in [-0.39, 0.29) is 5.78 Å². The standard InChI is InChI=1S/C11H17N3O/c1-7-13-11-9(14(7)2)5-8(3-4-12)6-10(11)15/h8H,3-6,12H2,1-2H3. The number of hydrogen-bond donors (Lipinski definition) is 1. The lowest BCUT2D eigenvalue weighted by atomic mass is 9.86. The zero-order valence-electron chi connectivity index (χ0n) is 9.29. The molecule has 1 atom stereocenters. The zero-order chi connectivity index (χ0) is 11.0. The number of aromatic nitrogens is 2. The fraction of sp³-hybridized carbons (Fsp3) is 0.636. The minimum absolute atomic E-state index is 0.179. The Morgan fingerprint density at radius 1 is 1.53 bits per heavy atom. The first-order valence-electron chi connectivity index (χ1n) is 5.39. The molecule has 2 N–H and O–H groups in total. The summed E-state index contributed by atoms with van der Waals surface area (Å²) in [7, 11) is 1.97. The van der Waals surface area contributed by atoms with Gasteiger partial charge in [-0.15, -0.1) is 0 Å². The van der Waals surface area contributed by atoms with Gasteiger partial charge in [-0.1, -0.05) is 0 Å². The molecule has 82 valence electrons. The van der Waals surface area contributed by atoms with E-state index in [2.05, 4.69) is 4.98 Å². The summed E-state index contributed by atoms with van der Waals surface area (Å²) < 4.78 is 2.02. The van der Waals surface area contributed by atoms with Crippen LogP contribution in [0.5, 0.6) is 0 Å². The highest BCUT2D eigenvalue weighted by atomic mass is 16.1. The van der Waals surface area contributed by atoms with E-state index in [0.717, 1.165) is 24.4 Å². The van der Waals surface area contributed by atoms with Gasteiger partial charge in [0.2, 0.25) is 0 Å². The van der Waals surface area contributed by atoms with Crippen molar-refractivity contribution in [2.24, 2.45) is 18.7 Å². The molecule has 1 unspecified atom stereocenters. The van der Waals surface area contributed by atoms with E-state index in [0.29, 0.717) is 24.6 Å². The molecule has 0 saturated carbocycles. The molecule has 0 radical (unpaired) electrons. The van der Waals surface area contributed by atoms with Gasteiger partial charge >= 0.3 is 0 Å². The van der Waals surface area contributed by atoms with Crippen LogP contribution in [0.15, 0.2) is 0 Å². The van der Waals surface area contributed by atoms with Crippen molar-refractivity contribution in [3.63, 3.8) is 0 Å². The fourth-order valence-electron chi connectivity index (χ4n) is 2.26. The van der Waals surface area contributed by atoms with E-state index in [9.17, 15) is 4.79 Å². The highest BCUT2D eigenvalue weighted by Crippen LogP contribution is 2.27. The minimum Gasteiger partial charge on any atom is -0.335 e. The summed E-state index contributed by atoms with van der Waals surface area (Å²) in [6.07, 6.45) is 2.48. The predicted octanol–water partition coefficient (Wildman–Crippen LogP) is 0.822. The number of hydrogen-bond acceptors (Lipinski definition) is 3. The molecule has 0 fully saturated rings. The smallest absolute Gasteiger partial charge is 0.183 e. The fourth-order valence-corrected chi connectivity index (χ4v) is 2.26. The van der Waals surface area contributed by atoms with Gasteiger partial charge < -0.3 is 10.3 Å². The number of fused-ring (bicyclic) bond motifs is 1. The summed E-state index contributed by atoms with van der Waals surface area (Å²) in [4.78, 5) is 16.1. The average molecular weight is 207 g/mol. The molecule has 1 aromatic heterocycles. The number of imidazole rings is 1. The molecule has 1 heterocycles. The van der Waals surface area contributed by atoms with Crippen LogP contribution in [0.2, 0.25) is 0 Å². The number of carbonyl (C=O) groups excluding carboxylic acids is 1. The summed E-state index contributed by atoms with van der Waals surface area (Å²) >= 11 is 0. The lowest BCUT2D eigenvalue weighted by Crippen LogP contribution is -2.23. The first-order chi connectivity index (χ1) is 7.13. The second kappa shape index (κ2) is 3.77. The van der Waals surface area contributed by atoms with Gasteiger partial charge in [-0.3, -0.25) is 4.79 Å². The highest BCUT2D eigenvalue weighted by molar-refractivity contribution is 5.96. The third-order valence-electron chi connectivity index (χ3n) is 3.23. The van der Waals surface area contributed by atoms with Gasteiger partial charge in [0.25, 0.3) is 0 Å². The average Bonchev–Trinajstić information content (AvgIpc) is 2.46. The lowest BCUT2D eigenvalue weighted by molar-refractivity contribution is 0.0941. The third-order valence-corrected chi connectivity index (χ3v) is 3.23. The van der Waals surface area contributed by atoms with Crippen molar-refractivity contribution >= 4 is 5.78 Å². The van der Waals surface area contributed by atoms with Crippen molar-refractivity contribution in [3.8, 4) is 0 Å². The van der Waals surface area contributed by atoms with Crippen LogP contribution in [0.3, 0.4) is 0 Å². The van der Waals surface area contributed by atoms with Crippen LogP contribution in [0.25, 0.3) is 0 Å². The molecule has 4 heteroatoms. The maximum Gasteiger partial charge on any atom is 0.183 e. The summed E-state index contributed by atoms with van der Waals surface area (Å²) in [6, 6.07) is 0. The Morgan fingerprint density at radius 2 is 2.27 bits per heavy atom. The molecule has 0 bridgehead atoms. The van der Waals surface area contributed by atoms with Gasteiger partial charge in [0.15, 0.2) is 5.78 Å². The predicted molar refractivity (Wildman–Crippen MR) is 57.8 cm³/mol. The van der Waals surface area contributed by atoms with E-state index in [1.807, 2.05) is 18.5 Å². The Kier molecular flexibility index (Phi) is 2.61. The summed E-state index contributed by atoms with van der Waals surface area (Å²) in [5.74, 6) is 1.50. The third kappa shape index (κ3) is 1.69. The molecular formula is C11H17N3O. The monoisotopic (exact) mass is 207 g/mol. The van der Waals surface area contributed by atoms with Crippen LogP contribution in [-0.2, 0) is 13.5 Å². The SMILES string of the molecule is Cc1nc2c(n1C)CC(CCN)CC2=O. The van der Waals surface area contributed by atoms with Crippen molar-refractivity contribution in [3.05, 3.63) is 17.2 Å². The van der Waals surface area contributed by atoms with Crippen molar-refractivity contribution in [1.29, 1.82) is 0 Å². The molecule has 1 aromatic rings. The maximum absolute atomic E-state index is 11.8. The second-order valence-electron chi connectivity index (χ2n) is 4.29. The molecule has 15 heavy (non-hydrogen) atoms. The molecule has 2 rings (SSSR count). The first kappa shape index (κ1) is 10.4. The zero-order valence-corrected chi connectivity index (χ0v) is 9.29. The van der Waals surface area contributed by atoms with E-state index >= 15 is 0 Å². The Balaban J connectivity index is 2.33. The number of Topliss-reactive ketones (excluding diaryl/α,β-unsaturated/α-hetero) is 1. The number of aryl methyl sites for hydroxylation is 1. The number of nitrogens with zero attached hydrogens (tertiary/aromatic N) is 2. The first-order valence-corrected chi connectivity index (χ1v) is 5.39. The van der Waals surface area contributed by atoms with Crippen molar-refractivity contribution in [2.45, 2.75) is 26.2 Å². The molecule has 0 spiro atoms. The quantitative estimate of drug-likeness (QED) is 0.781. The molecule has 0 amide bonds. The number of rotatable bonds is 2. The van der Waals surface area contributed by atoms with E-state index in [1.54, 1.807) is 0 Å². The van der Waals surface area contributed by atoms with E-state index in [4.69, 9.17) is 5.73 Å². The number of carbonyl (C=O) groups is 1. The molecule has 0 saturated heterocycles. The van der Waals surface area contributed by atoms with Crippen molar-refractivity contribution in [1.82, 2.24) is 9.55 Å². The Labute approximate surface area is 89.5 Å². The summed E-state index contributed by atoms with van der Waals surface area (Å²) in [6.45, 7) is 2.59. The Morgan fingerprint density at radius 3 is 2.93 bits per heavy atom. The van der Waals surface area contributed by atoms with Crippen LogP contribution >= 0.6 is 0 Å². The van der Waals surface area contributed by atoms with Crippen molar-refractivity contribution in [2.75, 3.05) is 6.54 Å². The van der Waals surface area contributed by atoms with Crippen LogP contribution < -0.4 is 5.73 Å². The maximum atomic E-state index is 11.8. The molecule has 4 nitrogen and oxygen atoms in total. The van der Waals surface area contributed by atoms with Gasteiger partial charge in [-0.25, -0.2) is 4.98 Å². The molecular weight excluding hydrogens is 190 g/mol. The van der Waals surface area contributed by atoms with Crippen LogP contribution in [0, 0.1) is 12.8 Å². The van der Waals surface area contributed by atoms with E-state index in [1.165, 1.54) is 0 Å². The molecule has 1 aliphatic carbocycles. The van der Waals surface area contributed by atoms with Crippen LogP contribution in [-0.4, -0.2) is 21.9 Å². The van der Waals surface area contributed by atoms with Gasteiger partial charge in [-0.2, -0.15) is 0 Å². The second-order valence-corrected chi connectivity index (χ2v) is 4.29.